The van der Waals surface area contributed by atoms with Crippen molar-refractivity contribution in [2.24, 2.45) is 5.92 Å². The van der Waals surface area contributed by atoms with Crippen LogP contribution in [0.25, 0.3) is 11.0 Å². The molecule has 1 saturated heterocycles. The molecule has 0 atom stereocenters. The number of ether oxygens (including phenoxy) is 1. The maximum absolute atomic E-state index is 13.7. The third-order valence-corrected chi connectivity index (χ3v) is 4.33. The second-order valence-electron chi connectivity index (χ2n) is 5.80. The van der Waals surface area contributed by atoms with Gasteiger partial charge in [-0.15, -0.1) is 0 Å². The Hall–Kier alpha value is -1.82. The molecule has 0 saturated carbocycles. The maximum Gasteiger partial charge on any atom is 0.201 e. The smallest absolute Gasteiger partial charge is 0.201 e. The number of rotatable bonds is 3. The van der Waals surface area contributed by atoms with Gasteiger partial charge in [-0.3, -0.25) is 0 Å². The summed E-state index contributed by atoms with van der Waals surface area (Å²) in [6, 6.07) is 3.07. The standard InChI is InChI=1S/C15H21FN4O/c1-19-5-3-10(4-6-19)9-20-13-8-14(21-2)11(16)7-12(13)18-15(20)17/h7-8,10H,3-6,9H2,1-2H3,(H2,17,18). The van der Waals surface area contributed by atoms with Crippen LogP contribution in [0.1, 0.15) is 12.8 Å². The van der Waals surface area contributed by atoms with E-state index in [1.54, 1.807) is 6.07 Å². The van der Waals surface area contributed by atoms with Crippen molar-refractivity contribution in [3.63, 3.8) is 0 Å². The fourth-order valence-electron chi connectivity index (χ4n) is 3.00. The summed E-state index contributed by atoms with van der Waals surface area (Å²) in [5.74, 6) is 0.842. The van der Waals surface area contributed by atoms with Crippen molar-refractivity contribution in [1.82, 2.24) is 14.5 Å². The number of halogens is 1. The third kappa shape index (κ3) is 2.68. The van der Waals surface area contributed by atoms with Gasteiger partial charge in [0.05, 0.1) is 18.1 Å². The van der Waals surface area contributed by atoms with E-state index in [2.05, 4.69) is 16.9 Å². The lowest BCUT2D eigenvalue weighted by molar-refractivity contribution is 0.206. The quantitative estimate of drug-likeness (QED) is 0.941. The summed E-state index contributed by atoms with van der Waals surface area (Å²) in [5, 5.41) is 0. The first-order chi connectivity index (χ1) is 10.1. The number of benzene rings is 1. The first-order valence-corrected chi connectivity index (χ1v) is 7.26. The van der Waals surface area contributed by atoms with Crippen molar-refractivity contribution in [2.45, 2.75) is 19.4 Å². The lowest BCUT2D eigenvalue weighted by Gasteiger charge is -2.29. The van der Waals surface area contributed by atoms with Gasteiger partial charge in [-0.05, 0) is 38.9 Å². The van der Waals surface area contributed by atoms with Gasteiger partial charge in [0.2, 0.25) is 5.95 Å². The average Bonchev–Trinajstić information content (AvgIpc) is 2.75. The number of aromatic nitrogens is 2. The van der Waals surface area contributed by atoms with E-state index in [9.17, 15) is 4.39 Å². The zero-order valence-corrected chi connectivity index (χ0v) is 12.5. The topological polar surface area (TPSA) is 56.3 Å². The van der Waals surface area contributed by atoms with Gasteiger partial charge in [0.15, 0.2) is 11.6 Å². The number of hydrogen-bond acceptors (Lipinski definition) is 4. The third-order valence-electron chi connectivity index (χ3n) is 4.33. The number of piperidine rings is 1. The zero-order chi connectivity index (χ0) is 15.0. The van der Waals surface area contributed by atoms with Gasteiger partial charge >= 0.3 is 0 Å². The van der Waals surface area contributed by atoms with Crippen molar-refractivity contribution in [3.8, 4) is 5.75 Å². The molecule has 2 aromatic rings. The number of nitrogens with two attached hydrogens (primary N) is 1. The summed E-state index contributed by atoms with van der Waals surface area (Å²) in [6.45, 7) is 3.04. The molecule has 1 aliphatic rings. The molecular formula is C15H21FN4O. The highest BCUT2D eigenvalue weighted by Crippen LogP contribution is 2.28. The van der Waals surface area contributed by atoms with Crippen LogP contribution < -0.4 is 10.5 Å². The average molecular weight is 292 g/mol. The van der Waals surface area contributed by atoms with Crippen molar-refractivity contribution in [3.05, 3.63) is 17.9 Å². The van der Waals surface area contributed by atoms with Gasteiger partial charge in [-0.2, -0.15) is 0 Å². The van der Waals surface area contributed by atoms with E-state index in [1.807, 2.05) is 4.57 Å². The second-order valence-corrected chi connectivity index (χ2v) is 5.80. The highest BCUT2D eigenvalue weighted by molar-refractivity contribution is 5.80. The van der Waals surface area contributed by atoms with Gasteiger partial charge in [0, 0.05) is 18.7 Å². The van der Waals surface area contributed by atoms with Crippen LogP contribution in [0.3, 0.4) is 0 Å². The minimum Gasteiger partial charge on any atom is -0.494 e. The van der Waals surface area contributed by atoms with Crippen LogP contribution in [0.5, 0.6) is 5.75 Å². The fraction of sp³-hybridized carbons (Fsp3) is 0.533. The molecule has 0 bridgehead atoms. The Bertz CT molecular complexity index is 647. The van der Waals surface area contributed by atoms with Crippen LogP contribution in [0.2, 0.25) is 0 Å². The molecule has 0 spiro atoms. The number of nitrogen functional groups attached to an aromatic ring is 1. The molecule has 1 fully saturated rings. The molecule has 5 nitrogen and oxygen atoms in total. The fourth-order valence-corrected chi connectivity index (χ4v) is 3.00. The Balaban J connectivity index is 1.92. The van der Waals surface area contributed by atoms with Crippen LogP contribution in [0.4, 0.5) is 10.3 Å². The SMILES string of the molecule is COc1cc2c(cc1F)nc(N)n2CC1CCN(C)CC1. The molecule has 1 aliphatic heterocycles. The normalized spacial score (nSPS) is 17.5. The van der Waals surface area contributed by atoms with E-state index in [4.69, 9.17) is 10.5 Å². The van der Waals surface area contributed by atoms with Gasteiger partial charge in [0.25, 0.3) is 0 Å². The van der Waals surface area contributed by atoms with Gasteiger partial charge in [-0.1, -0.05) is 0 Å². The number of nitrogens with zero attached hydrogens (tertiary/aromatic N) is 3. The predicted octanol–water partition coefficient (Wildman–Crippen LogP) is 2.11. The highest BCUT2D eigenvalue weighted by Gasteiger charge is 2.20. The van der Waals surface area contributed by atoms with Gasteiger partial charge in [0.1, 0.15) is 0 Å². The van der Waals surface area contributed by atoms with E-state index in [0.29, 0.717) is 17.4 Å². The van der Waals surface area contributed by atoms with E-state index in [-0.39, 0.29) is 5.75 Å². The van der Waals surface area contributed by atoms with Crippen LogP contribution >= 0.6 is 0 Å². The van der Waals surface area contributed by atoms with Crippen molar-refractivity contribution < 1.29 is 9.13 Å². The number of likely N-dealkylation sites (tertiary alicyclic amines) is 1. The Kier molecular flexibility index (Phi) is 3.71. The number of imidazole rings is 1. The molecule has 21 heavy (non-hydrogen) atoms. The minimum absolute atomic E-state index is 0.229. The Morgan fingerprint density at radius 1 is 1.38 bits per heavy atom. The number of methoxy groups -OCH3 is 1. The summed E-state index contributed by atoms with van der Waals surface area (Å²) >= 11 is 0. The van der Waals surface area contributed by atoms with Crippen LogP contribution in [0, 0.1) is 11.7 Å². The Labute approximate surface area is 123 Å². The van der Waals surface area contributed by atoms with E-state index < -0.39 is 5.82 Å². The minimum atomic E-state index is -0.408. The Morgan fingerprint density at radius 2 is 2.10 bits per heavy atom. The number of anilines is 1. The lowest BCUT2D eigenvalue weighted by Crippen LogP contribution is -2.32. The monoisotopic (exact) mass is 292 g/mol. The summed E-state index contributed by atoms with van der Waals surface area (Å²) in [7, 11) is 3.61. The van der Waals surface area contributed by atoms with E-state index >= 15 is 0 Å². The molecule has 1 aromatic heterocycles. The van der Waals surface area contributed by atoms with E-state index in [1.165, 1.54) is 13.2 Å². The van der Waals surface area contributed by atoms with Crippen LogP contribution in [0.15, 0.2) is 12.1 Å². The van der Waals surface area contributed by atoms with E-state index in [0.717, 1.165) is 38.0 Å². The molecule has 6 heteroatoms. The van der Waals surface area contributed by atoms with Gasteiger partial charge < -0.3 is 19.9 Å². The molecular weight excluding hydrogens is 271 g/mol. The molecule has 0 amide bonds. The molecule has 0 unspecified atom stereocenters. The van der Waals surface area contributed by atoms with Crippen molar-refractivity contribution in [1.29, 1.82) is 0 Å². The number of hydrogen-bond donors (Lipinski definition) is 1. The predicted molar refractivity (Wildman–Crippen MR) is 80.9 cm³/mol. The first-order valence-electron chi connectivity index (χ1n) is 7.26. The summed E-state index contributed by atoms with van der Waals surface area (Å²) in [5.41, 5.74) is 7.44. The molecule has 1 aromatic carbocycles. The summed E-state index contributed by atoms with van der Waals surface area (Å²) < 4.78 is 20.8. The summed E-state index contributed by atoms with van der Waals surface area (Å²) in [4.78, 5) is 6.60. The van der Waals surface area contributed by atoms with Crippen LogP contribution in [-0.4, -0.2) is 41.7 Å². The molecule has 3 rings (SSSR count). The second kappa shape index (κ2) is 5.52. The summed E-state index contributed by atoms with van der Waals surface area (Å²) in [6.07, 6.45) is 2.29. The number of fused-ring (bicyclic) bond motifs is 1. The first kappa shape index (κ1) is 14.1. The molecule has 0 radical (unpaired) electrons. The molecule has 2 N–H and O–H groups in total. The van der Waals surface area contributed by atoms with Gasteiger partial charge in [-0.25, -0.2) is 9.37 Å². The highest BCUT2D eigenvalue weighted by atomic mass is 19.1. The largest absolute Gasteiger partial charge is 0.494 e. The maximum atomic E-state index is 13.7. The zero-order valence-electron chi connectivity index (χ0n) is 12.5. The molecule has 0 aliphatic carbocycles. The Morgan fingerprint density at radius 3 is 2.76 bits per heavy atom. The lowest BCUT2D eigenvalue weighted by atomic mass is 9.97. The van der Waals surface area contributed by atoms with Crippen LogP contribution in [-0.2, 0) is 6.54 Å². The van der Waals surface area contributed by atoms with Crippen molar-refractivity contribution >= 4 is 17.0 Å². The molecule has 114 valence electrons. The molecule has 2 heterocycles. The van der Waals surface area contributed by atoms with Crippen molar-refractivity contribution in [2.75, 3.05) is 33.0 Å².